The molecule has 0 saturated heterocycles. The van der Waals surface area contributed by atoms with Crippen LogP contribution in [0.3, 0.4) is 0 Å². The summed E-state index contributed by atoms with van der Waals surface area (Å²) in [5, 5.41) is 17.3. The second-order valence-corrected chi connectivity index (χ2v) is 7.56. The zero-order valence-corrected chi connectivity index (χ0v) is 18.2. The molecule has 0 bridgehead atoms. The highest BCUT2D eigenvalue weighted by Gasteiger charge is 2.22. The van der Waals surface area contributed by atoms with Crippen molar-refractivity contribution in [2.75, 3.05) is 30.8 Å². The van der Waals surface area contributed by atoms with Crippen LogP contribution in [0.4, 0.5) is 5.69 Å². The van der Waals surface area contributed by atoms with Crippen molar-refractivity contribution in [2.45, 2.75) is 19.0 Å². The molecule has 9 heteroatoms. The van der Waals surface area contributed by atoms with E-state index in [1.165, 1.54) is 0 Å². The highest BCUT2D eigenvalue weighted by Crippen LogP contribution is 2.33. The summed E-state index contributed by atoms with van der Waals surface area (Å²) in [7, 11) is 0. The summed E-state index contributed by atoms with van der Waals surface area (Å²) in [6.45, 7) is 4.82. The molecule has 8 nitrogen and oxygen atoms in total. The zero-order valence-electron chi connectivity index (χ0n) is 17.4. The largest absolute Gasteiger partial charge is 0.493 e. The maximum Gasteiger partial charge on any atom is 0.325 e. The smallest absolute Gasteiger partial charge is 0.325 e. The molecule has 4 rings (SSSR count). The molecule has 0 aliphatic carbocycles. The van der Waals surface area contributed by atoms with E-state index in [2.05, 4.69) is 15.5 Å². The highest BCUT2D eigenvalue weighted by atomic mass is 32.2. The Morgan fingerprint density at radius 3 is 2.68 bits per heavy atom. The summed E-state index contributed by atoms with van der Waals surface area (Å²) in [6.07, 6.45) is 0. The van der Waals surface area contributed by atoms with Gasteiger partial charge >= 0.3 is 5.97 Å². The molecule has 31 heavy (non-hydrogen) atoms. The molecule has 0 unspecified atom stereocenters. The third-order valence-corrected chi connectivity index (χ3v) is 5.49. The van der Waals surface area contributed by atoms with Crippen LogP contribution in [-0.2, 0) is 9.53 Å². The summed E-state index contributed by atoms with van der Waals surface area (Å²) in [4.78, 5) is 11.5. The number of esters is 1. The molecule has 0 radical (unpaired) electrons. The summed E-state index contributed by atoms with van der Waals surface area (Å²) < 4.78 is 12.5. The lowest BCUT2D eigenvalue weighted by Gasteiger charge is -2.15. The van der Waals surface area contributed by atoms with E-state index in [4.69, 9.17) is 14.6 Å². The fraction of sp³-hybridized carbons (Fsp3) is 0.273. The van der Waals surface area contributed by atoms with E-state index < -0.39 is 0 Å². The minimum absolute atomic E-state index is 0.136. The average Bonchev–Trinajstić information content (AvgIpc) is 3.22. The van der Waals surface area contributed by atoms with E-state index in [0.717, 1.165) is 33.4 Å². The second kappa shape index (κ2) is 9.65. The first-order valence-corrected chi connectivity index (χ1v) is 11.1. The predicted octanol–water partition coefficient (Wildman–Crippen LogP) is 3.68. The average molecular weight is 438 g/mol. The zero-order chi connectivity index (χ0) is 21.6. The third kappa shape index (κ3) is 4.72. The molecule has 0 fully saturated rings. The highest BCUT2D eigenvalue weighted by molar-refractivity contribution is 7.99. The van der Waals surface area contributed by atoms with Crippen LogP contribution in [0.15, 0.2) is 58.8 Å². The van der Waals surface area contributed by atoms with E-state index in [0.29, 0.717) is 24.8 Å². The Morgan fingerprint density at radius 1 is 1.10 bits per heavy atom. The maximum atomic E-state index is 11.5. The number of nitrogens with one attached hydrogen (secondary N) is 1. The van der Waals surface area contributed by atoms with Crippen molar-refractivity contribution >= 4 is 29.1 Å². The molecule has 1 aliphatic heterocycles. The van der Waals surface area contributed by atoms with Crippen LogP contribution in [0.25, 0.3) is 11.4 Å². The fourth-order valence-corrected chi connectivity index (χ4v) is 3.97. The normalized spacial score (nSPS) is 12.6. The minimum atomic E-state index is -0.278. The number of fused-ring (bicyclic) bond motifs is 1. The van der Waals surface area contributed by atoms with Crippen molar-refractivity contribution in [1.29, 1.82) is 0 Å². The second-order valence-electron chi connectivity index (χ2n) is 6.62. The number of aromatic nitrogens is 3. The van der Waals surface area contributed by atoms with Crippen LogP contribution < -0.4 is 10.1 Å². The summed E-state index contributed by atoms with van der Waals surface area (Å²) in [6, 6.07) is 15.6. The van der Waals surface area contributed by atoms with Crippen molar-refractivity contribution < 1.29 is 14.3 Å². The molecular formula is C22H23N5O3S. The molecule has 0 atom stereocenters. The molecule has 1 aromatic heterocycles. The molecule has 3 aromatic rings. The summed E-state index contributed by atoms with van der Waals surface area (Å²) >= 11 is 1.59. The summed E-state index contributed by atoms with van der Waals surface area (Å²) in [5.74, 6) is 1.82. The van der Waals surface area contributed by atoms with Crippen molar-refractivity contribution in [2.24, 2.45) is 5.10 Å². The first-order valence-electron chi connectivity index (χ1n) is 10.1. The van der Waals surface area contributed by atoms with Gasteiger partial charge in [0, 0.05) is 11.4 Å². The van der Waals surface area contributed by atoms with Gasteiger partial charge < -0.3 is 14.8 Å². The Bertz CT molecular complexity index is 1090. The van der Waals surface area contributed by atoms with Crippen LogP contribution in [0, 0.1) is 0 Å². The molecule has 0 saturated carbocycles. The summed E-state index contributed by atoms with van der Waals surface area (Å²) in [5.41, 5.74) is 3.62. The minimum Gasteiger partial charge on any atom is -0.493 e. The van der Waals surface area contributed by atoms with Gasteiger partial charge in [0.1, 0.15) is 12.3 Å². The van der Waals surface area contributed by atoms with E-state index in [1.807, 2.05) is 55.5 Å². The molecule has 0 spiro atoms. The number of thioether (sulfide) groups is 1. The van der Waals surface area contributed by atoms with Crippen LogP contribution in [0.5, 0.6) is 5.75 Å². The van der Waals surface area contributed by atoms with Gasteiger partial charge in [-0.15, -0.1) is 10.2 Å². The quantitative estimate of drug-likeness (QED) is 0.538. The van der Waals surface area contributed by atoms with Gasteiger partial charge in [0.15, 0.2) is 5.82 Å². The number of carbonyl (C=O) groups excluding carboxylic acids is 1. The van der Waals surface area contributed by atoms with Gasteiger partial charge in [0.2, 0.25) is 5.16 Å². The number of hydrogen-bond acceptors (Lipinski definition) is 8. The number of benzene rings is 2. The standard InChI is InChI=1S/C22H23N5O3S/c1-3-29-19-8-6-5-7-17(19)21-24-25-22-27(21)26-18(14-31-22)15-9-11-16(12-10-15)23-13-20(28)30-4-2/h5-12,23H,3-4,13-14H2,1-2H3. The molecule has 1 aliphatic rings. The fourth-order valence-electron chi connectivity index (χ4n) is 3.14. The van der Waals surface area contributed by atoms with E-state index >= 15 is 0 Å². The number of carbonyl (C=O) groups is 1. The van der Waals surface area contributed by atoms with Gasteiger partial charge in [0.25, 0.3) is 0 Å². The number of para-hydroxylation sites is 1. The predicted molar refractivity (Wildman–Crippen MR) is 121 cm³/mol. The molecule has 1 N–H and O–H groups in total. The van der Waals surface area contributed by atoms with Crippen molar-refractivity contribution in [1.82, 2.24) is 14.9 Å². The van der Waals surface area contributed by atoms with E-state index in [-0.39, 0.29) is 12.5 Å². The topological polar surface area (TPSA) is 90.6 Å². The molecule has 2 aromatic carbocycles. The number of nitrogens with zero attached hydrogens (tertiary/aromatic N) is 4. The number of anilines is 1. The molecule has 0 amide bonds. The molecular weight excluding hydrogens is 414 g/mol. The van der Waals surface area contributed by atoms with Gasteiger partial charge in [-0.1, -0.05) is 36.0 Å². The molecule has 160 valence electrons. The first-order chi connectivity index (χ1) is 15.2. The number of ether oxygens (including phenoxy) is 2. The maximum absolute atomic E-state index is 11.5. The van der Waals surface area contributed by atoms with Crippen LogP contribution in [-0.4, -0.2) is 52.1 Å². The van der Waals surface area contributed by atoms with Gasteiger partial charge in [-0.25, -0.2) is 0 Å². The lowest BCUT2D eigenvalue weighted by Crippen LogP contribution is -2.17. The van der Waals surface area contributed by atoms with Crippen molar-refractivity contribution in [3.05, 3.63) is 54.1 Å². The monoisotopic (exact) mass is 437 g/mol. The van der Waals surface area contributed by atoms with Crippen LogP contribution >= 0.6 is 11.8 Å². The van der Waals surface area contributed by atoms with Gasteiger partial charge in [0.05, 0.1) is 24.5 Å². The van der Waals surface area contributed by atoms with Crippen LogP contribution in [0.2, 0.25) is 0 Å². The molecule has 2 heterocycles. The Kier molecular flexibility index (Phi) is 6.51. The first kappa shape index (κ1) is 20.9. The number of hydrogen-bond donors (Lipinski definition) is 1. The van der Waals surface area contributed by atoms with Gasteiger partial charge in [-0.05, 0) is 43.7 Å². The van der Waals surface area contributed by atoms with Crippen molar-refractivity contribution in [3.63, 3.8) is 0 Å². The lowest BCUT2D eigenvalue weighted by molar-refractivity contribution is -0.140. The Hall–Kier alpha value is -3.33. The van der Waals surface area contributed by atoms with Gasteiger partial charge in [-0.2, -0.15) is 9.78 Å². The number of rotatable bonds is 8. The van der Waals surface area contributed by atoms with E-state index in [9.17, 15) is 4.79 Å². The SMILES string of the molecule is CCOC(=O)CNc1ccc(C2=Nn3c(nnc3-c3ccccc3OCC)SC2)cc1. The van der Waals surface area contributed by atoms with Gasteiger partial charge in [-0.3, -0.25) is 4.79 Å². The Labute approximate surface area is 184 Å². The van der Waals surface area contributed by atoms with Crippen LogP contribution in [0.1, 0.15) is 19.4 Å². The third-order valence-electron chi connectivity index (χ3n) is 4.56. The lowest BCUT2D eigenvalue weighted by atomic mass is 10.1. The Balaban J connectivity index is 1.57. The Morgan fingerprint density at radius 2 is 1.90 bits per heavy atom. The van der Waals surface area contributed by atoms with E-state index in [1.54, 1.807) is 23.4 Å². The van der Waals surface area contributed by atoms with Crippen molar-refractivity contribution in [3.8, 4) is 17.1 Å².